The fourth-order valence-corrected chi connectivity index (χ4v) is 7.78. The van der Waals surface area contributed by atoms with Gasteiger partial charge in [-0.1, -0.05) is 158 Å². The van der Waals surface area contributed by atoms with E-state index >= 15 is 0 Å². The highest BCUT2D eigenvalue weighted by molar-refractivity contribution is 6.12. The lowest BCUT2D eigenvalue weighted by atomic mass is 9.95. The Labute approximate surface area is 328 Å². The number of hydrogen-bond acceptors (Lipinski definition) is 5. The van der Waals surface area contributed by atoms with Crippen LogP contribution in [0, 0.1) is 0 Å². The maximum atomic E-state index is 6.50. The van der Waals surface area contributed by atoms with Crippen molar-refractivity contribution in [2.24, 2.45) is 0 Å². The van der Waals surface area contributed by atoms with Gasteiger partial charge in [-0.3, -0.25) is 0 Å². The van der Waals surface area contributed by atoms with Crippen molar-refractivity contribution in [3.63, 3.8) is 0 Å². The molecule has 266 valence electrons. The Hall–Kier alpha value is -7.76. The molecule has 0 unspecified atom stereocenters. The molecule has 0 amide bonds. The van der Waals surface area contributed by atoms with Crippen LogP contribution in [0.5, 0.6) is 0 Å². The van der Waals surface area contributed by atoms with Gasteiger partial charge in [0, 0.05) is 27.6 Å². The molecule has 11 rings (SSSR count). The molecule has 2 heterocycles. The Morgan fingerprint density at radius 2 is 0.807 bits per heavy atom. The molecule has 0 spiro atoms. The molecule has 0 saturated heterocycles. The van der Waals surface area contributed by atoms with Crippen molar-refractivity contribution in [3.05, 3.63) is 194 Å². The first-order chi connectivity index (χ1) is 28.2. The normalized spacial score (nSPS) is 11.5. The minimum atomic E-state index is 0.614. The highest BCUT2D eigenvalue weighted by Gasteiger charge is 2.17. The highest BCUT2D eigenvalue weighted by atomic mass is 16.3. The van der Waals surface area contributed by atoms with Gasteiger partial charge in [0.05, 0.1) is 0 Å². The van der Waals surface area contributed by atoms with Crippen molar-refractivity contribution < 1.29 is 4.42 Å². The Balaban J connectivity index is 1.00. The lowest BCUT2D eigenvalue weighted by Gasteiger charge is -2.11. The molecule has 0 saturated carbocycles. The quantitative estimate of drug-likeness (QED) is 0.171. The van der Waals surface area contributed by atoms with E-state index in [2.05, 4.69) is 127 Å². The molecule has 0 atom stereocenters. The van der Waals surface area contributed by atoms with Crippen molar-refractivity contribution in [1.82, 2.24) is 19.9 Å². The molecule has 2 aromatic heterocycles. The second-order valence-electron chi connectivity index (χ2n) is 14.3. The summed E-state index contributed by atoms with van der Waals surface area (Å²) in [6, 6.07) is 67.2. The number of fused-ring (bicyclic) bond motifs is 5. The van der Waals surface area contributed by atoms with Gasteiger partial charge in [-0.2, -0.15) is 0 Å². The molecule has 0 bridgehead atoms. The third-order valence-electron chi connectivity index (χ3n) is 10.7. The summed E-state index contributed by atoms with van der Waals surface area (Å²) in [5.41, 5.74) is 9.82. The molecule has 0 radical (unpaired) electrons. The molecule has 57 heavy (non-hydrogen) atoms. The van der Waals surface area contributed by atoms with Crippen LogP contribution >= 0.6 is 0 Å². The van der Waals surface area contributed by atoms with E-state index in [1.54, 1.807) is 0 Å². The summed E-state index contributed by atoms with van der Waals surface area (Å²) in [4.78, 5) is 20.0. The Bertz CT molecular complexity index is 3280. The fraction of sp³-hybridized carbons (Fsp3) is 0. The van der Waals surface area contributed by atoms with Crippen LogP contribution in [0.4, 0.5) is 0 Å². The van der Waals surface area contributed by atoms with E-state index in [-0.39, 0.29) is 0 Å². The molecule has 0 aliphatic rings. The van der Waals surface area contributed by atoms with Crippen LogP contribution < -0.4 is 0 Å². The topological polar surface area (TPSA) is 64.7 Å². The first-order valence-electron chi connectivity index (χ1n) is 19.0. The third kappa shape index (κ3) is 5.99. The van der Waals surface area contributed by atoms with Crippen LogP contribution in [-0.2, 0) is 0 Å². The smallest absolute Gasteiger partial charge is 0.227 e. The van der Waals surface area contributed by atoms with Gasteiger partial charge in [-0.05, 0) is 85.6 Å². The van der Waals surface area contributed by atoms with Gasteiger partial charge < -0.3 is 4.42 Å². The predicted molar refractivity (Wildman–Crippen MR) is 233 cm³/mol. The van der Waals surface area contributed by atoms with Crippen molar-refractivity contribution in [3.8, 4) is 67.9 Å². The van der Waals surface area contributed by atoms with Crippen LogP contribution in [0.3, 0.4) is 0 Å². The zero-order chi connectivity index (χ0) is 37.7. The van der Waals surface area contributed by atoms with E-state index in [4.69, 9.17) is 24.4 Å². The molecule has 0 N–H and O–H groups in total. The van der Waals surface area contributed by atoms with Gasteiger partial charge in [-0.15, -0.1) is 0 Å². The summed E-state index contributed by atoms with van der Waals surface area (Å²) >= 11 is 0. The van der Waals surface area contributed by atoms with E-state index in [1.165, 1.54) is 16.3 Å². The fourth-order valence-electron chi connectivity index (χ4n) is 7.78. The summed E-state index contributed by atoms with van der Waals surface area (Å²) in [7, 11) is 0. The maximum Gasteiger partial charge on any atom is 0.227 e. The van der Waals surface area contributed by atoms with E-state index < -0.39 is 0 Å². The number of hydrogen-bond donors (Lipinski definition) is 0. The largest absolute Gasteiger partial charge is 0.435 e. The average Bonchev–Trinajstić information content (AvgIpc) is 3.74. The third-order valence-corrected chi connectivity index (χ3v) is 10.7. The molecule has 11 aromatic rings. The van der Waals surface area contributed by atoms with Gasteiger partial charge in [0.15, 0.2) is 23.1 Å². The Kier molecular flexibility index (Phi) is 7.74. The van der Waals surface area contributed by atoms with E-state index in [0.29, 0.717) is 23.4 Å². The Morgan fingerprint density at radius 3 is 1.56 bits per heavy atom. The monoisotopic (exact) mass is 728 g/mol. The zero-order valence-electron chi connectivity index (χ0n) is 30.7. The molecule has 0 aliphatic heterocycles. The lowest BCUT2D eigenvalue weighted by molar-refractivity contribution is 0.623. The van der Waals surface area contributed by atoms with Crippen LogP contribution in [0.25, 0.3) is 111 Å². The zero-order valence-corrected chi connectivity index (χ0v) is 30.7. The van der Waals surface area contributed by atoms with Crippen molar-refractivity contribution >= 4 is 43.4 Å². The van der Waals surface area contributed by atoms with Crippen LogP contribution in [-0.4, -0.2) is 19.9 Å². The summed E-state index contributed by atoms with van der Waals surface area (Å²) in [5, 5.41) is 6.80. The van der Waals surface area contributed by atoms with Crippen LogP contribution in [0.15, 0.2) is 199 Å². The second-order valence-corrected chi connectivity index (χ2v) is 14.3. The van der Waals surface area contributed by atoms with E-state index in [1.807, 2.05) is 66.7 Å². The first kappa shape index (κ1) is 32.7. The summed E-state index contributed by atoms with van der Waals surface area (Å²) < 4.78 is 6.50. The summed E-state index contributed by atoms with van der Waals surface area (Å²) in [5.74, 6) is 2.49. The van der Waals surface area contributed by atoms with E-state index in [9.17, 15) is 0 Å². The first-order valence-corrected chi connectivity index (χ1v) is 19.0. The average molecular weight is 729 g/mol. The van der Waals surface area contributed by atoms with Crippen molar-refractivity contribution in [2.45, 2.75) is 0 Å². The van der Waals surface area contributed by atoms with E-state index in [0.717, 1.165) is 71.6 Å². The summed E-state index contributed by atoms with van der Waals surface area (Å²) in [6.07, 6.45) is 0. The number of rotatable bonds is 6. The standard InChI is InChI=1S/C52H32N4O/c1-3-11-37(12-4-1)49-54-50(38-23-18-34(19-24-38)41-25-20-33-10-7-8-15-40(33)30-41)56-51(55-49)43-27-22-35-21-26-42(31-44(35)32-43)45-17-9-16-36-28-29-46-48(47(36)45)57-52(53-46)39-13-5-2-6-14-39/h1-32H. The summed E-state index contributed by atoms with van der Waals surface area (Å²) in [6.45, 7) is 0. The van der Waals surface area contributed by atoms with Gasteiger partial charge in [-0.25, -0.2) is 19.9 Å². The van der Waals surface area contributed by atoms with Gasteiger partial charge in [0.2, 0.25) is 5.89 Å². The van der Waals surface area contributed by atoms with Crippen LogP contribution in [0.1, 0.15) is 0 Å². The van der Waals surface area contributed by atoms with Gasteiger partial charge in [0.1, 0.15) is 5.52 Å². The molecular formula is C52H32N4O. The molecule has 9 aromatic carbocycles. The molecular weight excluding hydrogens is 697 g/mol. The van der Waals surface area contributed by atoms with Gasteiger partial charge >= 0.3 is 0 Å². The van der Waals surface area contributed by atoms with Crippen molar-refractivity contribution in [2.75, 3.05) is 0 Å². The Morgan fingerprint density at radius 1 is 0.298 bits per heavy atom. The van der Waals surface area contributed by atoms with Crippen molar-refractivity contribution in [1.29, 1.82) is 0 Å². The number of nitrogens with zero attached hydrogens (tertiary/aromatic N) is 4. The lowest BCUT2D eigenvalue weighted by Crippen LogP contribution is -2.00. The SMILES string of the molecule is c1ccc(-c2nc(-c3ccc(-c4ccc5ccccc5c4)cc3)nc(-c3ccc4ccc(-c5cccc6ccc7nc(-c8ccccc8)oc7c56)cc4c3)n2)cc1. The predicted octanol–water partition coefficient (Wildman–Crippen LogP) is 13.5. The second kappa shape index (κ2) is 13.5. The number of benzene rings is 9. The highest BCUT2D eigenvalue weighted by Crippen LogP contribution is 2.38. The molecule has 5 nitrogen and oxygen atoms in total. The minimum absolute atomic E-state index is 0.614. The maximum absolute atomic E-state index is 6.50. The molecule has 0 aliphatic carbocycles. The molecule has 5 heteroatoms. The molecule has 0 fully saturated rings. The minimum Gasteiger partial charge on any atom is -0.435 e. The number of aromatic nitrogens is 4. The van der Waals surface area contributed by atoms with Gasteiger partial charge in [0.25, 0.3) is 0 Å². The van der Waals surface area contributed by atoms with Crippen LogP contribution in [0.2, 0.25) is 0 Å². The number of oxazole rings is 1.